The molecule has 0 saturated heterocycles. The lowest BCUT2D eigenvalue weighted by atomic mass is 10.1. The summed E-state index contributed by atoms with van der Waals surface area (Å²) in [5, 5.41) is 0. The third-order valence-electron chi connectivity index (χ3n) is 2.16. The van der Waals surface area contributed by atoms with E-state index in [2.05, 4.69) is 19.1 Å². The molecule has 0 aliphatic heterocycles. The summed E-state index contributed by atoms with van der Waals surface area (Å²) in [5.41, 5.74) is 2.32. The number of rotatable bonds is 4. The highest BCUT2D eigenvalue weighted by Gasteiger charge is 2.02. The van der Waals surface area contributed by atoms with Crippen molar-refractivity contribution in [2.24, 2.45) is 0 Å². The molecule has 0 aliphatic carbocycles. The molecule has 0 heterocycles. The molecule has 1 atom stereocenters. The largest absolute Gasteiger partial charge is 0.493 e. The van der Waals surface area contributed by atoms with Crippen molar-refractivity contribution in [2.45, 2.75) is 26.9 Å². The zero-order valence-electron chi connectivity index (χ0n) is 9.60. The molecule has 15 heavy (non-hydrogen) atoms. The van der Waals surface area contributed by atoms with Crippen LogP contribution in [0.5, 0.6) is 0 Å². The van der Waals surface area contributed by atoms with E-state index in [1.54, 1.807) is 6.26 Å². The van der Waals surface area contributed by atoms with Crippen LogP contribution in [-0.4, -0.2) is 0 Å². The van der Waals surface area contributed by atoms with Crippen LogP contribution in [0.2, 0.25) is 0 Å². The van der Waals surface area contributed by atoms with E-state index in [1.165, 1.54) is 5.56 Å². The predicted molar refractivity (Wildman–Crippen MR) is 64.5 cm³/mol. The second-order valence-corrected chi connectivity index (χ2v) is 3.55. The summed E-state index contributed by atoms with van der Waals surface area (Å²) in [6, 6.07) is 10.2. The van der Waals surface area contributed by atoms with E-state index in [0.29, 0.717) is 0 Å². The van der Waals surface area contributed by atoms with Gasteiger partial charge in [-0.2, -0.15) is 0 Å². The first kappa shape index (κ1) is 11.6. The summed E-state index contributed by atoms with van der Waals surface area (Å²) in [5.74, 6) is 0. The van der Waals surface area contributed by atoms with Gasteiger partial charge in [0.2, 0.25) is 0 Å². The van der Waals surface area contributed by atoms with E-state index in [9.17, 15) is 0 Å². The fourth-order valence-electron chi connectivity index (χ4n) is 1.31. The second kappa shape index (κ2) is 6.07. The van der Waals surface area contributed by atoms with Crippen LogP contribution >= 0.6 is 0 Å². The summed E-state index contributed by atoms with van der Waals surface area (Å²) < 4.78 is 5.63. The molecule has 1 rings (SSSR count). The van der Waals surface area contributed by atoms with Gasteiger partial charge >= 0.3 is 0 Å². The van der Waals surface area contributed by atoms with Crippen molar-refractivity contribution in [1.29, 1.82) is 0 Å². The predicted octanol–water partition coefficient (Wildman–Crippen LogP) is 4.24. The van der Waals surface area contributed by atoms with Crippen LogP contribution < -0.4 is 0 Å². The van der Waals surface area contributed by atoms with Crippen molar-refractivity contribution in [3.8, 4) is 0 Å². The molecule has 0 aliphatic rings. The maximum Gasteiger partial charge on any atom is 0.120 e. The van der Waals surface area contributed by atoms with E-state index in [-0.39, 0.29) is 6.10 Å². The minimum Gasteiger partial charge on any atom is -0.493 e. The highest BCUT2D eigenvalue weighted by Crippen LogP contribution is 2.16. The molecule has 0 bridgehead atoms. The fraction of sp³-hybridized carbons (Fsp3) is 0.286. The van der Waals surface area contributed by atoms with Crippen molar-refractivity contribution < 1.29 is 4.74 Å². The van der Waals surface area contributed by atoms with Gasteiger partial charge in [-0.25, -0.2) is 0 Å². The number of allylic oxidation sites excluding steroid dienone is 3. The molecule has 1 nitrogen and oxygen atoms in total. The van der Waals surface area contributed by atoms with Gasteiger partial charge in [-0.1, -0.05) is 42.5 Å². The second-order valence-electron chi connectivity index (χ2n) is 3.55. The summed E-state index contributed by atoms with van der Waals surface area (Å²) in [4.78, 5) is 0. The van der Waals surface area contributed by atoms with Crippen LogP contribution in [0.25, 0.3) is 0 Å². The molecule has 0 saturated carbocycles. The van der Waals surface area contributed by atoms with Gasteiger partial charge in [-0.15, -0.1) is 0 Å². The van der Waals surface area contributed by atoms with Gasteiger partial charge in [0.15, 0.2) is 0 Å². The lowest BCUT2D eigenvalue weighted by Crippen LogP contribution is -1.94. The lowest BCUT2D eigenvalue weighted by Gasteiger charge is -2.11. The fourth-order valence-corrected chi connectivity index (χ4v) is 1.31. The molecule has 0 radical (unpaired) electrons. The topological polar surface area (TPSA) is 9.23 Å². The van der Waals surface area contributed by atoms with Crippen LogP contribution in [0.1, 0.15) is 32.4 Å². The molecule has 0 spiro atoms. The van der Waals surface area contributed by atoms with E-state index in [0.717, 1.165) is 5.57 Å². The van der Waals surface area contributed by atoms with Crippen LogP contribution in [0, 0.1) is 0 Å². The molecular formula is C14H18O. The van der Waals surface area contributed by atoms with E-state index >= 15 is 0 Å². The first-order valence-corrected chi connectivity index (χ1v) is 5.24. The summed E-state index contributed by atoms with van der Waals surface area (Å²) in [7, 11) is 0. The molecule has 80 valence electrons. The van der Waals surface area contributed by atoms with Crippen molar-refractivity contribution in [2.75, 3.05) is 0 Å². The van der Waals surface area contributed by atoms with Gasteiger partial charge in [0.1, 0.15) is 6.10 Å². The van der Waals surface area contributed by atoms with Crippen molar-refractivity contribution in [3.63, 3.8) is 0 Å². The Kier molecular flexibility index (Phi) is 4.69. The molecule has 1 aromatic rings. The highest BCUT2D eigenvalue weighted by atomic mass is 16.5. The third kappa shape index (κ3) is 4.03. The average Bonchev–Trinajstić information content (AvgIpc) is 2.27. The summed E-state index contributed by atoms with van der Waals surface area (Å²) in [6.45, 7) is 6.07. The monoisotopic (exact) mass is 202 g/mol. The van der Waals surface area contributed by atoms with Gasteiger partial charge in [-0.05, 0) is 31.9 Å². The Hall–Kier alpha value is -1.50. The smallest absolute Gasteiger partial charge is 0.120 e. The SMILES string of the molecule is C/C=C/C(C)=C/O[C@@H](C)c1ccccc1. The van der Waals surface area contributed by atoms with Crippen LogP contribution in [-0.2, 0) is 4.74 Å². The van der Waals surface area contributed by atoms with Gasteiger partial charge < -0.3 is 4.74 Å². The molecule has 0 N–H and O–H groups in total. The lowest BCUT2D eigenvalue weighted by molar-refractivity contribution is 0.162. The highest BCUT2D eigenvalue weighted by molar-refractivity contribution is 5.18. The maximum absolute atomic E-state index is 5.63. The number of hydrogen-bond acceptors (Lipinski definition) is 1. The third-order valence-corrected chi connectivity index (χ3v) is 2.16. The molecular weight excluding hydrogens is 184 g/mol. The summed E-state index contributed by atoms with van der Waals surface area (Å²) in [6.07, 6.45) is 5.93. The number of benzene rings is 1. The molecule has 0 amide bonds. The molecule has 1 heteroatoms. The van der Waals surface area contributed by atoms with Gasteiger partial charge in [0.05, 0.1) is 6.26 Å². The van der Waals surface area contributed by atoms with Crippen LogP contribution in [0.4, 0.5) is 0 Å². The van der Waals surface area contributed by atoms with Gasteiger partial charge in [0, 0.05) is 0 Å². The Morgan fingerprint density at radius 3 is 2.53 bits per heavy atom. The van der Waals surface area contributed by atoms with Crippen molar-refractivity contribution in [3.05, 3.63) is 59.9 Å². The standard InChI is InChI=1S/C14H18O/c1-4-8-12(2)11-15-13(3)14-9-6-5-7-10-14/h4-11,13H,1-3H3/b8-4+,12-11+/t13-/m0/s1. The van der Waals surface area contributed by atoms with Crippen molar-refractivity contribution in [1.82, 2.24) is 0 Å². The normalized spacial score (nSPS) is 14.2. The van der Waals surface area contributed by atoms with E-state index < -0.39 is 0 Å². The quantitative estimate of drug-likeness (QED) is 0.524. The Morgan fingerprint density at radius 1 is 1.27 bits per heavy atom. The van der Waals surface area contributed by atoms with Gasteiger partial charge in [-0.3, -0.25) is 0 Å². The molecule has 0 fully saturated rings. The average molecular weight is 202 g/mol. The first-order chi connectivity index (χ1) is 7.24. The molecule has 0 unspecified atom stereocenters. The number of hydrogen-bond donors (Lipinski definition) is 0. The molecule has 1 aromatic carbocycles. The number of ether oxygens (including phenoxy) is 1. The minimum atomic E-state index is 0.103. The Morgan fingerprint density at radius 2 is 1.93 bits per heavy atom. The van der Waals surface area contributed by atoms with E-state index in [4.69, 9.17) is 4.74 Å². The van der Waals surface area contributed by atoms with Crippen LogP contribution in [0.3, 0.4) is 0 Å². The zero-order valence-corrected chi connectivity index (χ0v) is 9.60. The Labute approximate surface area is 92.1 Å². The zero-order chi connectivity index (χ0) is 11.1. The Bertz CT molecular complexity index is 336. The first-order valence-electron chi connectivity index (χ1n) is 5.24. The minimum absolute atomic E-state index is 0.103. The van der Waals surface area contributed by atoms with Crippen LogP contribution in [0.15, 0.2) is 54.3 Å². The Balaban J connectivity index is 2.57. The summed E-state index contributed by atoms with van der Waals surface area (Å²) >= 11 is 0. The van der Waals surface area contributed by atoms with Gasteiger partial charge in [0.25, 0.3) is 0 Å². The molecule has 0 aromatic heterocycles. The van der Waals surface area contributed by atoms with E-state index in [1.807, 2.05) is 44.2 Å². The maximum atomic E-state index is 5.63. The van der Waals surface area contributed by atoms with Crippen molar-refractivity contribution >= 4 is 0 Å².